The van der Waals surface area contributed by atoms with E-state index in [9.17, 15) is 0 Å². The number of anilines is 2. The van der Waals surface area contributed by atoms with E-state index in [1.165, 1.54) is 77.4 Å². The van der Waals surface area contributed by atoms with Gasteiger partial charge in [0.05, 0.1) is 16.4 Å². The molecule has 0 unspecified atom stereocenters. The Hall–Kier alpha value is -7.42. The molecule has 11 rings (SSSR count). The number of rotatable bonds is 7. The van der Waals surface area contributed by atoms with Crippen molar-refractivity contribution in [2.75, 3.05) is 5.32 Å². The van der Waals surface area contributed by atoms with Gasteiger partial charge in [-0.1, -0.05) is 176 Å². The minimum atomic E-state index is -0.420. The van der Waals surface area contributed by atoms with Crippen LogP contribution < -0.4 is 5.32 Å². The highest BCUT2D eigenvalue weighted by atomic mass is 15.0. The summed E-state index contributed by atoms with van der Waals surface area (Å²) in [6, 6.07) is 81.6. The first-order valence-corrected chi connectivity index (χ1v) is 19.7. The molecule has 1 aliphatic carbocycles. The van der Waals surface area contributed by atoms with Crippen LogP contribution in [0.2, 0.25) is 0 Å². The van der Waals surface area contributed by atoms with E-state index in [1.54, 1.807) is 0 Å². The molecule has 2 heteroatoms. The average molecular weight is 727 g/mol. The smallest absolute Gasteiger partial charge is 0.0714 e. The highest BCUT2D eigenvalue weighted by Crippen LogP contribution is 2.56. The molecular weight excluding hydrogens is 689 g/mol. The molecule has 57 heavy (non-hydrogen) atoms. The summed E-state index contributed by atoms with van der Waals surface area (Å²) in [6.45, 7) is 0. The third-order valence-corrected chi connectivity index (χ3v) is 11.9. The molecule has 1 N–H and O–H groups in total. The van der Waals surface area contributed by atoms with E-state index >= 15 is 0 Å². The Labute approximate surface area is 333 Å². The van der Waals surface area contributed by atoms with Gasteiger partial charge in [-0.25, -0.2) is 0 Å². The first kappa shape index (κ1) is 33.0. The second-order valence-corrected chi connectivity index (χ2v) is 15.0. The molecule has 0 aliphatic heterocycles. The molecule has 1 aromatic heterocycles. The lowest BCUT2D eigenvalue weighted by molar-refractivity contribution is 0.769. The Kier molecular flexibility index (Phi) is 7.75. The Morgan fingerprint density at radius 2 is 0.772 bits per heavy atom. The van der Waals surface area contributed by atoms with Gasteiger partial charge in [-0.3, -0.25) is 0 Å². The molecule has 0 saturated heterocycles. The molecule has 0 atom stereocenters. The molecule has 9 aromatic carbocycles. The summed E-state index contributed by atoms with van der Waals surface area (Å²) in [5.41, 5.74) is 17.8. The van der Waals surface area contributed by atoms with Crippen LogP contribution in [0, 0.1) is 0 Å². The van der Waals surface area contributed by atoms with Crippen molar-refractivity contribution in [3.8, 4) is 39.1 Å². The van der Waals surface area contributed by atoms with Crippen LogP contribution in [0.5, 0.6) is 0 Å². The Morgan fingerprint density at radius 3 is 1.35 bits per heavy atom. The highest BCUT2D eigenvalue weighted by Gasteiger charge is 2.46. The van der Waals surface area contributed by atoms with E-state index in [0.717, 1.165) is 17.1 Å². The number of fused-ring (bicyclic) bond motifs is 6. The summed E-state index contributed by atoms with van der Waals surface area (Å²) < 4.78 is 2.36. The van der Waals surface area contributed by atoms with Crippen LogP contribution in [0.4, 0.5) is 11.4 Å². The fourth-order valence-electron chi connectivity index (χ4n) is 9.29. The van der Waals surface area contributed by atoms with E-state index in [4.69, 9.17) is 0 Å². The van der Waals surface area contributed by atoms with Crippen LogP contribution >= 0.6 is 0 Å². The summed E-state index contributed by atoms with van der Waals surface area (Å²) in [6.07, 6.45) is 0. The summed E-state index contributed by atoms with van der Waals surface area (Å²) >= 11 is 0. The topological polar surface area (TPSA) is 17.0 Å². The molecule has 268 valence electrons. The maximum atomic E-state index is 3.74. The average Bonchev–Trinajstić information content (AvgIpc) is 3.78. The molecule has 0 radical (unpaired) electrons. The number of hydrogen-bond donors (Lipinski definition) is 1. The molecule has 1 aliphatic rings. The van der Waals surface area contributed by atoms with Crippen molar-refractivity contribution in [1.82, 2.24) is 4.57 Å². The molecule has 0 bridgehead atoms. The fourth-order valence-corrected chi connectivity index (χ4v) is 9.29. The van der Waals surface area contributed by atoms with Gasteiger partial charge in [0.25, 0.3) is 0 Å². The van der Waals surface area contributed by atoms with E-state index in [0.29, 0.717) is 0 Å². The van der Waals surface area contributed by atoms with Crippen LogP contribution in [0.25, 0.3) is 60.9 Å². The predicted octanol–water partition coefficient (Wildman–Crippen LogP) is 14.2. The first-order chi connectivity index (χ1) is 28.3. The van der Waals surface area contributed by atoms with Crippen LogP contribution in [0.3, 0.4) is 0 Å². The zero-order chi connectivity index (χ0) is 37.8. The summed E-state index contributed by atoms with van der Waals surface area (Å²) in [5, 5.41) is 6.30. The molecule has 10 aromatic rings. The maximum absolute atomic E-state index is 3.74. The minimum Gasteiger partial charge on any atom is -0.356 e. The first-order valence-electron chi connectivity index (χ1n) is 19.7. The van der Waals surface area contributed by atoms with Gasteiger partial charge >= 0.3 is 0 Å². The Bertz CT molecular complexity index is 2960. The van der Waals surface area contributed by atoms with Crippen molar-refractivity contribution >= 4 is 33.2 Å². The van der Waals surface area contributed by atoms with Gasteiger partial charge in [0, 0.05) is 27.8 Å². The predicted molar refractivity (Wildman–Crippen MR) is 239 cm³/mol. The molecule has 2 nitrogen and oxygen atoms in total. The lowest BCUT2D eigenvalue weighted by Crippen LogP contribution is -2.28. The second-order valence-electron chi connectivity index (χ2n) is 15.0. The molecule has 0 spiro atoms. The van der Waals surface area contributed by atoms with Crippen molar-refractivity contribution in [3.63, 3.8) is 0 Å². The van der Waals surface area contributed by atoms with Gasteiger partial charge in [-0.15, -0.1) is 0 Å². The number of benzene rings is 9. The van der Waals surface area contributed by atoms with Crippen molar-refractivity contribution in [2.24, 2.45) is 0 Å². The highest BCUT2D eigenvalue weighted by molar-refractivity contribution is 6.09. The zero-order valence-electron chi connectivity index (χ0n) is 31.3. The largest absolute Gasteiger partial charge is 0.356 e. The number of aromatic nitrogens is 1. The summed E-state index contributed by atoms with van der Waals surface area (Å²) in [7, 11) is 0. The number of nitrogens with zero attached hydrogens (tertiary/aromatic N) is 1. The summed E-state index contributed by atoms with van der Waals surface area (Å²) in [5.74, 6) is 0. The van der Waals surface area contributed by atoms with Crippen molar-refractivity contribution in [1.29, 1.82) is 0 Å². The van der Waals surface area contributed by atoms with Crippen molar-refractivity contribution < 1.29 is 0 Å². The Morgan fingerprint density at radius 1 is 0.333 bits per heavy atom. The van der Waals surface area contributed by atoms with E-state index in [-0.39, 0.29) is 0 Å². The zero-order valence-corrected chi connectivity index (χ0v) is 31.3. The minimum absolute atomic E-state index is 0.420. The molecule has 0 saturated carbocycles. The number of nitrogens with one attached hydrogen (secondary N) is 1. The van der Waals surface area contributed by atoms with Crippen LogP contribution in [0.1, 0.15) is 22.3 Å². The molecule has 1 heterocycles. The van der Waals surface area contributed by atoms with Crippen LogP contribution in [-0.4, -0.2) is 4.57 Å². The van der Waals surface area contributed by atoms with E-state index < -0.39 is 5.41 Å². The third kappa shape index (κ3) is 5.33. The van der Waals surface area contributed by atoms with Gasteiger partial charge in [-0.2, -0.15) is 0 Å². The summed E-state index contributed by atoms with van der Waals surface area (Å²) in [4.78, 5) is 0. The van der Waals surface area contributed by atoms with Crippen LogP contribution in [-0.2, 0) is 5.41 Å². The second kappa shape index (κ2) is 13.4. The van der Waals surface area contributed by atoms with E-state index in [1.807, 2.05) is 0 Å². The normalized spacial score (nSPS) is 12.7. The van der Waals surface area contributed by atoms with Gasteiger partial charge < -0.3 is 9.88 Å². The van der Waals surface area contributed by atoms with Gasteiger partial charge in [0.15, 0.2) is 0 Å². The maximum Gasteiger partial charge on any atom is 0.0714 e. The monoisotopic (exact) mass is 726 g/mol. The number of hydrogen-bond acceptors (Lipinski definition) is 1. The van der Waals surface area contributed by atoms with Crippen molar-refractivity contribution in [2.45, 2.75) is 5.41 Å². The lowest BCUT2D eigenvalue weighted by Gasteiger charge is -2.34. The van der Waals surface area contributed by atoms with Crippen molar-refractivity contribution in [3.05, 3.63) is 247 Å². The molecule has 0 amide bonds. The number of para-hydroxylation sites is 2. The standard InChI is InChI=1S/C55H38N2/c1-3-13-42(14-4-1)55(43-15-5-2-6-16-43)51-20-10-7-17-47(51)48-36-33-45(37-52(48)55)56-44-31-27-40(28-32-44)38-23-25-39(26-24-38)41-29-34-46(35-30-41)57-53-21-11-8-18-49(53)50-19-9-12-22-54(50)57/h1-37,56H. The SMILES string of the molecule is c1ccc(C2(c3ccccc3)c3ccccc3-c3ccc(Nc4ccc(-c5ccc(-c6ccc(-n7c8ccccc8c8ccccc87)cc6)cc5)cc4)cc32)cc1. The lowest BCUT2D eigenvalue weighted by atomic mass is 9.67. The molecule has 0 fully saturated rings. The third-order valence-electron chi connectivity index (χ3n) is 11.9. The molecular formula is C55H38N2. The van der Waals surface area contributed by atoms with Gasteiger partial charge in [0.1, 0.15) is 0 Å². The Balaban J connectivity index is 0.863. The quantitative estimate of drug-likeness (QED) is 0.173. The fraction of sp³-hybridized carbons (Fsp3) is 0.0182. The van der Waals surface area contributed by atoms with Crippen LogP contribution in [0.15, 0.2) is 224 Å². The van der Waals surface area contributed by atoms with E-state index in [2.05, 4.69) is 234 Å². The van der Waals surface area contributed by atoms with Gasteiger partial charge in [0.2, 0.25) is 0 Å². The van der Waals surface area contributed by atoms with Gasteiger partial charge in [-0.05, 0) is 104 Å².